The third-order valence-electron chi connectivity index (χ3n) is 4.92. The van der Waals surface area contributed by atoms with E-state index < -0.39 is 0 Å². The van der Waals surface area contributed by atoms with Gasteiger partial charge in [0.1, 0.15) is 0 Å². The number of guanidine groups is 1. The molecule has 130 valence electrons. The predicted octanol–water partition coefficient (Wildman–Crippen LogP) is 1.75. The first-order chi connectivity index (χ1) is 10.5. The second-order valence-corrected chi connectivity index (χ2v) is 6.79. The van der Waals surface area contributed by atoms with Crippen LogP contribution in [0.5, 0.6) is 0 Å². The zero-order valence-corrected chi connectivity index (χ0v) is 15.5. The van der Waals surface area contributed by atoms with Gasteiger partial charge in [-0.2, -0.15) is 0 Å². The molecule has 0 aliphatic carbocycles. The number of hydrogen-bond donors (Lipinski definition) is 2. The molecule has 0 aromatic rings. The van der Waals surface area contributed by atoms with Crippen molar-refractivity contribution >= 4 is 5.96 Å². The maximum absolute atomic E-state index is 4.36. The molecule has 5 heteroatoms. The van der Waals surface area contributed by atoms with Gasteiger partial charge in [0.2, 0.25) is 0 Å². The number of hydrogen-bond acceptors (Lipinski definition) is 3. The van der Waals surface area contributed by atoms with Gasteiger partial charge in [0.15, 0.2) is 5.96 Å². The molecule has 5 nitrogen and oxygen atoms in total. The van der Waals surface area contributed by atoms with Crippen LogP contribution in [0.1, 0.15) is 47.0 Å². The van der Waals surface area contributed by atoms with Crippen molar-refractivity contribution in [3.63, 3.8) is 0 Å². The second kappa shape index (κ2) is 10.1. The normalized spacial score (nSPS) is 19.7. The summed E-state index contributed by atoms with van der Waals surface area (Å²) in [6.07, 6.45) is 3.59. The van der Waals surface area contributed by atoms with Crippen LogP contribution in [0.3, 0.4) is 0 Å². The average Bonchev–Trinajstić information content (AvgIpc) is 2.53. The molecule has 0 radical (unpaired) electrons. The minimum Gasteiger partial charge on any atom is -0.355 e. The minimum absolute atomic E-state index is 0.550. The van der Waals surface area contributed by atoms with Crippen molar-refractivity contribution in [3.8, 4) is 0 Å². The summed E-state index contributed by atoms with van der Waals surface area (Å²) in [4.78, 5) is 9.30. The number of nitrogens with zero attached hydrogens (tertiary/aromatic N) is 3. The molecule has 0 spiro atoms. The van der Waals surface area contributed by atoms with Gasteiger partial charge in [-0.1, -0.05) is 6.92 Å². The van der Waals surface area contributed by atoms with E-state index in [-0.39, 0.29) is 0 Å². The molecule has 1 unspecified atom stereocenters. The highest BCUT2D eigenvalue weighted by Crippen LogP contribution is 2.12. The van der Waals surface area contributed by atoms with Gasteiger partial charge >= 0.3 is 0 Å². The molecular weight excluding hydrogens is 274 g/mol. The highest BCUT2D eigenvalue weighted by molar-refractivity contribution is 5.79. The monoisotopic (exact) mass is 311 g/mol. The molecule has 1 aliphatic rings. The van der Waals surface area contributed by atoms with Gasteiger partial charge < -0.3 is 20.4 Å². The van der Waals surface area contributed by atoms with Crippen molar-refractivity contribution in [2.45, 2.75) is 65.1 Å². The molecule has 1 fully saturated rings. The van der Waals surface area contributed by atoms with Crippen molar-refractivity contribution in [1.82, 2.24) is 20.4 Å². The molecule has 1 atom stereocenters. The lowest BCUT2D eigenvalue weighted by atomic mass is 10.0. The van der Waals surface area contributed by atoms with Gasteiger partial charge in [-0.25, -0.2) is 0 Å². The molecule has 2 N–H and O–H groups in total. The summed E-state index contributed by atoms with van der Waals surface area (Å²) in [6.45, 7) is 13.4. The summed E-state index contributed by atoms with van der Waals surface area (Å²) in [5, 5.41) is 7.02. The van der Waals surface area contributed by atoms with Crippen LogP contribution in [-0.4, -0.2) is 74.2 Å². The van der Waals surface area contributed by atoms with Gasteiger partial charge in [0.05, 0.1) is 0 Å². The van der Waals surface area contributed by atoms with Gasteiger partial charge in [-0.05, 0) is 47.1 Å². The van der Waals surface area contributed by atoms with E-state index in [1.54, 1.807) is 0 Å². The molecule has 0 amide bonds. The second-order valence-electron chi connectivity index (χ2n) is 6.79. The molecule has 1 heterocycles. The lowest BCUT2D eigenvalue weighted by Gasteiger charge is -2.35. The van der Waals surface area contributed by atoms with Crippen molar-refractivity contribution in [2.75, 3.05) is 40.3 Å². The Kier molecular flexibility index (Phi) is 8.79. The lowest BCUT2D eigenvalue weighted by molar-refractivity contribution is 0.167. The Hall–Kier alpha value is -0.810. The van der Waals surface area contributed by atoms with E-state index >= 15 is 0 Å². The molecule has 1 aliphatic heterocycles. The number of aliphatic imine (C=N–C) groups is 1. The molecule has 0 aromatic carbocycles. The fourth-order valence-electron chi connectivity index (χ4n) is 2.83. The summed E-state index contributed by atoms with van der Waals surface area (Å²) in [6, 6.07) is 1.85. The standard InChI is InChI=1S/C17H37N5/c1-7-15(4)21(6)13-10-19-17(18-5)20-16-8-11-22(12-9-16)14(2)3/h14-16H,7-13H2,1-6H3,(H2,18,19,20). The quantitative estimate of drug-likeness (QED) is 0.555. The van der Waals surface area contributed by atoms with Crippen LogP contribution < -0.4 is 10.6 Å². The summed E-state index contributed by atoms with van der Waals surface area (Å²) in [7, 11) is 4.05. The smallest absolute Gasteiger partial charge is 0.191 e. The van der Waals surface area contributed by atoms with Crippen molar-refractivity contribution in [2.24, 2.45) is 4.99 Å². The number of rotatable bonds is 7. The SMILES string of the molecule is CCC(C)N(C)CCNC(=NC)NC1CCN(C(C)C)CC1. The number of nitrogens with one attached hydrogen (secondary N) is 2. The number of piperidine rings is 1. The van der Waals surface area contributed by atoms with Crippen LogP contribution in [0.4, 0.5) is 0 Å². The Balaban J connectivity index is 2.26. The fourth-order valence-corrected chi connectivity index (χ4v) is 2.83. The maximum Gasteiger partial charge on any atom is 0.191 e. The molecule has 0 aromatic heterocycles. The van der Waals surface area contributed by atoms with Gasteiger partial charge in [0, 0.05) is 51.4 Å². The van der Waals surface area contributed by atoms with Gasteiger partial charge in [0.25, 0.3) is 0 Å². The molecule has 0 bridgehead atoms. The Morgan fingerprint density at radius 2 is 1.91 bits per heavy atom. The van der Waals surface area contributed by atoms with Crippen molar-refractivity contribution in [3.05, 3.63) is 0 Å². The Labute approximate surface area is 137 Å². The predicted molar refractivity (Wildman–Crippen MR) is 96.6 cm³/mol. The van der Waals surface area contributed by atoms with E-state index in [2.05, 4.69) is 60.2 Å². The topological polar surface area (TPSA) is 42.9 Å². The zero-order valence-electron chi connectivity index (χ0n) is 15.5. The van der Waals surface area contributed by atoms with E-state index in [1.807, 2.05) is 7.05 Å². The molecular formula is C17H37N5. The van der Waals surface area contributed by atoms with Crippen molar-refractivity contribution < 1.29 is 0 Å². The van der Waals surface area contributed by atoms with Crippen LogP contribution in [0, 0.1) is 0 Å². The fraction of sp³-hybridized carbons (Fsp3) is 0.941. The lowest BCUT2D eigenvalue weighted by Crippen LogP contribution is -2.50. The van der Waals surface area contributed by atoms with Crippen LogP contribution >= 0.6 is 0 Å². The first-order valence-electron chi connectivity index (χ1n) is 8.89. The zero-order chi connectivity index (χ0) is 16.5. The summed E-state index contributed by atoms with van der Waals surface area (Å²) < 4.78 is 0. The van der Waals surface area contributed by atoms with E-state index in [4.69, 9.17) is 0 Å². The van der Waals surface area contributed by atoms with E-state index in [9.17, 15) is 0 Å². The first-order valence-corrected chi connectivity index (χ1v) is 8.89. The number of likely N-dealkylation sites (N-methyl/N-ethyl adjacent to an activating group) is 1. The average molecular weight is 312 g/mol. The van der Waals surface area contributed by atoms with Crippen LogP contribution in [0.25, 0.3) is 0 Å². The third kappa shape index (κ3) is 6.53. The maximum atomic E-state index is 4.36. The highest BCUT2D eigenvalue weighted by Gasteiger charge is 2.21. The summed E-state index contributed by atoms with van der Waals surface area (Å²) in [5.41, 5.74) is 0. The van der Waals surface area contributed by atoms with Crippen LogP contribution in [0.2, 0.25) is 0 Å². The Morgan fingerprint density at radius 3 is 2.41 bits per heavy atom. The molecule has 1 rings (SSSR count). The third-order valence-corrected chi connectivity index (χ3v) is 4.92. The van der Waals surface area contributed by atoms with Crippen LogP contribution in [-0.2, 0) is 0 Å². The largest absolute Gasteiger partial charge is 0.355 e. The van der Waals surface area contributed by atoms with Crippen LogP contribution in [0.15, 0.2) is 4.99 Å². The summed E-state index contributed by atoms with van der Waals surface area (Å²) >= 11 is 0. The first kappa shape index (κ1) is 19.2. The molecule has 22 heavy (non-hydrogen) atoms. The Morgan fingerprint density at radius 1 is 1.27 bits per heavy atom. The van der Waals surface area contributed by atoms with E-state index in [0.29, 0.717) is 18.1 Å². The van der Waals surface area contributed by atoms with Crippen molar-refractivity contribution in [1.29, 1.82) is 0 Å². The molecule has 1 saturated heterocycles. The van der Waals surface area contributed by atoms with E-state index in [0.717, 1.165) is 19.0 Å². The van der Waals surface area contributed by atoms with E-state index in [1.165, 1.54) is 32.4 Å². The number of likely N-dealkylation sites (tertiary alicyclic amines) is 1. The Bertz CT molecular complexity index is 321. The van der Waals surface area contributed by atoms with Gasteiger partial charge in [-0.15, -0.1) is 0 Å². The molecule has 0 saturated carbocycles. The highest BCUT2D eigenvalue weighted by atomic mass is 15.2. The summed E-state index contributed by atoms with van der Waals surface area (Å²) in [5.74, 6) is 0.945. The van der Waals surface area contributed by atoms with Gasteiger partial charge in [-0.3, -0.25) is 4.99 Å². The minimum atomic E-state index is 0.550.